The number of carbonyl (C=O) groups excluding carboxylic acids is 1. The number of aromatic nitrogens is 1. The molecule has 1 amide bonds. The molecule has 8 heteroatoms. The Hall–Kier alpha value is -2.69. The Balaban J connectivity index is 2.17. The van der Waals surface area contributed by atoms with Crippen LogP contribution in [-0.2, 0) is 11.3 Å². The van der Waals surface area contributed by atoms with E-state index in [0.29, 0.717) is 5.92 Å². The number of nitrogens with one attached hydrogen (secondary N) is 1. The predicted octanol–water partition coefficient (Wildman–Crippen LogP) is 1.32. The first kappa shape index (κ1) is 16.7. The number of hydrogen-bond acceptors (Lipinski definition) is 5. The smallest absolute Gasteiger partial charge is 0.287 e. The van der Waals surface area contributed by atoms with Crippen molar-refractivity contribution in [2.75, 3.05) is 0 Å². The summed E-state index contributed by atoms with van der Waals surface area (Å²) in [5.74, 6) is -0.0144. The molecule has 0 unspecified atom stereocenters. The molecule has 0 saturated heterocycles. The first-order valence-corrected chi connectivity index (χ1v) is 7.50. The van der Waals surface area contributed by atoms with Gasteiger partial charge in [-0.05, 0) is 18.8 Å². The molecule has 1 fully saturated rings. The summed E-state index contributed by atoms with van der Waals surface area (Å²) >= 11 is 0. The molecule has 1 aromatic rings. The minimum absolute atomic E-state index is 0.0566. The van der Waals surface area contributed by atoms with Crippen LogP contribution >= 0.6 is 0 Å². The maximum Gasteiger partial charge on any atom is 0.287 e. The number of nitrogens with zero attached hydrogens (tertiary/aromatic N) is 3. The monoisotopic (exact) mass is 318 g/mol. The Bertz CT molecular complexity index is 719. The van der Waals surface area contributed by atoms with Crippen LogP contribution in [-0.4, -0.2) is 21.4 Å². The van der Waals surface area contributed by atoms with Crippen molar-refractivity contribution in [3.05, 3.63) is 38.3 Å². The summed E-state index contributed by atoms with van der Waals surface area (Å²) in [4.78, 5) is 34.3. The van der Waals surface area contributed by atoms with Crippen LogP contribution in [0.5, 0.6) is 0 Å². The van der Waals surface area contributed by atoms with E-state index in [1.165, 1.54) is 0 Å². The van der Waals surface area contributed by atoms with E-state index in [0.717, 1.165) is 42.5 Å². The number of carbonyl (C=O) groups is 1. The Morgan fingerprint density at radius 2 is 2.22 bits per heavy atom. The second kappa shape index (κ2) is 7.05. The van der Waals surface area contributed by atoms with Gasteiger partial charge in [0, 0.05) is 12.1 Å². The minimum Gasteiger partial charge on any atom is -0.352 e. The van der Waals surface area contributed by atoms with E-state index >= 15 is 0 Å². The number of nitriles is 1. The molecular weight excluding hydrogens is 300 g/mol. The lowest BCUT2D eigenvalue weighted by Gasteiger charge is -2.29. The average molecular weight is 318 g/mol. The van der Waals surface area contributed by atoms with E-state index in [-0.39, 0.29) is 29.7 Å². The highest BCUT2D eigenvalue weighted by Crippen LogP contribution is 2.23. The quantitative estimate of drug-likeness (QED) is 0.663. The minimum atomic E-state index is -0.704. The molecule has 0 aliphatic heterocycles. The largest absolute Gasteiger partial charge is 0.352 e. The molecule has 1 N–H and O–H groups in total. The molecule has 1 aliphatic carbocycles. The van der Waals surface area contributed by atoms with Gasteiger partial charge in [-0.2, -0.15) is 5.26 Å². The summed E-state index contributed by atoms with van der Waals surface area (Å²) < 4.78 is 0.916. The lowest BCUT2D eigenvalue weighted by Crippen LogP contribution is -2.43. The molecular formula is C15H18N4O4. The highest BCUT2D eigenvalue weighted by molar-refractivity contribution is 5.76. The van der Waals surface area contributed by atoms with Crippen molar-refractivity contribution in [1.29, 1.82) is 5.26 Å². The van der Waals surface area contributed by atoms with Crippen LogP contribution in [0, 0.1) is 27.4 Å². The fourth-order valence-corrected chi connectivity index (χ4v) is 2.86. The molecule has 23 heavy (non-hydrogen) atoms. The first-order chi connectivity index (χ1) is 10.9. The summed E-state index contributed by atoms with van der Waals surface area (Å²) in [5, 5.41) is 22.6. The van der Waals surface area contributed by atoms with Crippen LogP contribution in [0.15, 0.2) is 17.1 Å². The van der Waals surface area contributed by atoms with Crippen LogP contribution in [0.2, 0.25) is 0 Å². The maximum atomic E-state index is 12.1. The molecule has 1 heterocycles. The highest BCUT2D eigenvalue weighted by Gasteiger charge is 2.23. The second-order valence-corrected chi connectivity index (χ2v) is 5.85. The number of amides is 1. The van der Waals surface area contributed by atoms with Gasteiger partial charge >= 0.3 is 0 Å². The lowest BCUT2D eigenvalue weighted by atomic mass is 9.86. The molecule has 1 aliphatic rings. The van der Waals surface area contributed by atoms with Gasteiger partial charge in [0.25, 0.3) is 11.2 Å². The van der Waals surface area contributed by atoms with Crippen molar-refractivity contribution < 1.29 is 9.72 Å². The maximum absolute atomic E-state index is 12.1. The highest BCUT2D eigenvalue weighted by atomic mass is 16.6. The van der Waals surface area contributed by atoms with Gasteiger partial charge in [0.1, 0.15) is 18.2 Å². The molecule has 1 aromatic heterocycles. The van der Waals surface area contributed by atoms with E-state index in [1.54, 1.807) is 6.07 Å². The summed E-state index contributed by atoms with van der Waals surface area (Å²) in [7, 11) is 0. The van der Waals surface area contributed by atoms with Crippen molar-refractivity contribution >= 4 is 11.6 Å². The first-order valence-electron chi connectivity index (χ1n) is 7.50. The van der Waals surface area contributed by atoms with E-state index in [1.807, 2.05) is 0 Å². The second-order valence-electron chi connectivity index (χ2n) is 5.85. The molecule has 0 spiro atoms. The molecule has 0 radical (unpaired) electrons. The molecule has 8 nitrogen and oxygen atoms in total. The molecule has 2 atom stereocenters. The van der Waals surface area contributed by atoms with Crippen molar-refractivity contribution in [3.8, 4) is 6.07 Å². The number of rotatable bonds is 4. The zero-order chi connectivity index (χ0) is 17.0. The fraction of sp³-hybridized carbons (Fsp3) is 0.533. The van der Waals surface area contributed by atoms with Crippen LogP contribution in [0.25, 0.3) is 0 Å². The third-order valence-electron chi connectivity index (χ3n) is 4.17. The molecule has 2 rings (SSSR count). The Labute approximate surface area is 132 Å². The van der Waals surface area contributed by atoms with E-state index in [4.69, 9.17) is 5.26 Å². The number of hydrogen-bond donors (Lipinski definition) is 1. The van der Waals surface area contributed by atoms with Crippen LogP contribution < -0.4 is 10.9 Å². The van der Waals surface area contributed by atoms with Crippen molar-refractivity contribution in [1.82, 2.24) is 9.88 Å². The molecule has 122 valence electrons. The predicted molar refractivity (Wildman–Crippen MR) is 81.6 cm³/mol. The van der Waals surface area contributed by atoms with Crippen LogP contribution in [0.3, 0.4) is 0 Å². The third kappa shape index (κ3) is 3.94. The van der Waals surface area contributed by atoms with Gasteiger partial charge < -0.3 is 5.32 Å². The molecule has 1 saturated carbocycles. The summed E-state index contributed by atoms with van der Waals surface area (Å²) in [6.45, 7) is 1.73. The van der Waals surface area contributed by atoms with Gasteiger partial charge in [-0.15, -0.1) is 0 Å². The molecule has 0 bridgehead atoms. The van der Waals surface area contributed by atoms with Gasteiger partial charge in [-0.3, -0.25) is 24.3 Å². The van der Waals surface area contributed by atoms with Crippen molar-refractivity contribution in [2.45, 2.75) is 45.2 Å². The van der Waals surface area contributed by atoms with E-state index in [9.17, 15) is 19.7 Å². The third-order valence-corrected chi connectivity index (χ3v) is 4.17. The zero-order valence-electron chi connectivity index (χ0n) is 12.8. The average Bonchev–Trinajstić information content (AvgIpc) is 2.51. The van der Waals surface area contributed by atoms with Gasteiger partial charge in [0.05, 0.1) is 11.1 Å². The van der Waals surface area contributed by atoms with Crippen molar-refractivity contribution in [2.24, 2.45) is 5.92 Å². The van der Waals surface area contributed by atoms with Crippen molar-refractivity contribution in [3.63, 3.8) is 0 Å². The Morgan fingerprint density at radius 3 is 2.83 bits per heavy atom. The van der Waals surface area contributed by atoms with Crippen LogP contribution in [0.1, 0.15) is 38.2 Å². The Morgan fingerprint density at radius 1 is 1.52 bits per heavy atom. The number of nitro groups is 1. The van der Waals surface area contributed by atoms with Gasteiger partial charge in [-0.1, -0.05) is 19.8 Å². The van der Waals surface area contributed by atoms with Crippen LogP contribution in [0.4, 0.5) is 5.69 Å². The summed E-state index contributed by atoms with van der Waals surface area (Å²) in [6.07, 6.45) is 5.11. The van der Waals surface area contributed by atoms with Gasteiger partial charge in [0.15, 0.2) is 0 Å². The number of pyridine rings is 1. The van der Waals surface area contributed by atoms with E-state index < -0.39 is 10.5 Å². The molecule has 0 aromatic carbocycles. The topological polar surface area (TPSA) is 118 Å². The lowest BCUT2D eigenvalue weighted by molar-refractivity contribution is -0.385. The van der Waals surface area contributed by atoms with Gasteiger partial charge in [-0.25, -0.2) is 0 Å². The fourth-order valence-electron chi connectivity index (χ4n) is 2.86. The zero-order valence-corrected chi connectivity index (χ0v) is 12.8. The standard InChI is InChI=1S/C15H18N4O4/c1-10-4-2-3-5-13(10)17-14(20)9-18-8-12(19(22)23)6-11(7-16)15(18)21/h6,8,10,13H,2-5,9H2,1H3,(H,17,20)/t10-,13-/m1/s1. The SMILES string of the molecule is C[C@@H]1CCCC[C@H]1NC(=O)Cn1cc([N+](=O)[O-])cc(C#N)c1=O. The summed E-state index contributed by atoms with van der Waals surface area (Å²) in [6, 6.07) is 2.60. The van der Waals surface area contributed by atoms with Gasteiger partial charge in [0.2, 0.25) is 5.91 Å². The normalized spacial score (nSPS) is 20.5. The summed E-state index contributed by atoms with van der Waals surface area (Å²) in [5.41, 5.74) is -1.44. The Kier molecular flexibility index (Phi) is 5.11. The van der Waals surface area contributed by atoms with E-state index in [2.05, 4.69) is 12.2 Å².